The minimum Gasteiger partial charge on any atom is -0.497 e. The lowest BCUT2D eigenvalue weighted by Crippen LogP contribution is -2.23. The number of benzene rings is 4. The Morgan fingerprint density at radius 1 is 0.756 bits per heavy atom. The van der Waals surface area contributed by atoms with E-state index in [4.69, 9.17) is 19.2 Å². The molecule has 208 valence electrons. The first-order valence-corrected chi connectivity index (χ1v) is 13.5. The van der Waals surface area contributed by atoms with Gasteiger partial charge in [0.2, 0.25) is 0 Å². The number of hydrogen-bond donors (Lipinski definition) is 2. The first kappa shape index (κ1) is 27.7. The molecule has 7 heteroatoms. The predicted molar refractivity (Wildman–Crippen MR) is 163 cm³/mol. The van der Waals surface area contributed by atoms with Gasteiger partial charge in [0.1, 0.15) is 23.9 Å². The zero-order valence-corrected chi connectivity index (χ0v) is 23.2. The molecule has 41 heavy (non-hydrogen) atoms. The quantitative estimate of drug-likeness (QED) is 0.176. The number of carbonyl (C=O) groups is 1. The van der Waals surface area contributed by atoms with Crippen molar-refractivity contribution in [3.63, 3.8) is 0 Å². The highest BCUT2D eigenvalue weighted by atomic mass is 16.5. The highest BCUT2D eigenvalue weighted by molar-refractivity contribution is 6.13. The largest absolute Gasteiger partial charge is 0.497 e. The van der Waals surface area contributed by atoms with Crippen LogP contribution in [-0.2, 0) is 6.42 Å². The Hall–Kier alpha value is -4.88. The fraction of sp³-hybridized carbons (Fsp3) is 0.176. The summed E-state index contributed by atoms with van der Waals surface area (Å²) in [5.41, 5.74) is 4.85. The monoisotopic (exact) mass is 547 g/mol. The summed E-state index contributed by atoms with van der Waals surface area (Å²) in [6.45, 7) is 2.14. The van der Waals surface area contributed by atoms with Gasteiger partial charge in [-0.25, -0.2) is 4.98 Å². The average Bonchev–Trinajstić information content (AvgIpc) is 3.03. The van der Waals surface area contributed by atoms with Gasteiger partial charge < -0.3 is 24.8 Å². The third-order valence-electron chi connectivity index (χ3n) is 6.74. The molecule has 0 atom stereocenters. The second kappa shape index (κ2) is 13.5. The van der Waals surface area contributed by atoms with Crippen LogP contribution in [0.4, 0.5) is 5.69 Å². The van der Waals surface area contributed by atoms with Crippen LogP contribution >= 0.6 is 0 Å². The average molecular weight is 548 g/mol. The SMILES string of the molecule is COc1ccc(CCNCCOc2ccc(NC(=O)c3cc(-c4ccccc4)nc4ccc(OC)cc34)cc2)cc1. The van der Waals surface area contributed by atoms with Gasteiger partial charge in [-0.3, -0.25) is 4.79 Å². The summed E-state index contributed by atoms with van der Waals surface area (Å²) in [6.07, 6.45) is 0.935. The molecule has 0 radical (unpaired) electrons. The molecule has 0 aliphatic heterocycles. The van der Waals surface area contributed by atoms with Crippen molar-refractivity contribution in [1.82, 2.24) is 10.3 Å². The Morgan fingerprint density at radius 2 is 1.46 bits per heavy atom. The van der Waals surface area contributed by atoms with E-state index in [2.05, 4.69) is 22.8 Å². The van der Waals surface area contributed by atoms with Gasteiger partial charge in [-0.1, -0.05) is 42.5 Å². The van der Waals surface area contributed by atoms with Crippen LogP contribution in [0.5, 0.6) is 17.2 Å². The molecule has 0 fully saturated rings. The van der Waals surface area contributed by atoms with E-state index >= 15 is 0 Å². The van der Waals surface area contributed by atoms with E-state index in [1.54, 1.807) is 14.2 Å². The lowest BCUT2D eigenvalue weighted by Gasteiger charge is -2.12. The molecule has 0 bridgehead atoms. The highest BCUT2D eigenvalue weighted by Crippen LogP contribution is 2.28. The van der Waals surface area contributed by atoms with Crippen molar-refractivity contribution in [2.45, 2.75) is 6.42 Å². The Morgan fingerprint density at radius 3 is 2.20 bits per heavy atom. The van der Waals surface area contributed by atoms with E-state index < -0.39 is 0 Å². The van der Waals surface area contributed by atoms with Crippen molar-refractivity contribution in [1.29, 1.82) is 0 Å². The van der Waals surface area contributed by atoms with E-state index in [1.807, 2.05) is 91.0 Å². The summed E-state index contributed by atoms with van der Waals surface area (Å²) in [4.78, 5) is 18.3. The maximum atomic E-state index is 13.5. The lowest BCUT2D eigenvalue weighted by atomic mass is 10.0. The van der Waals surface area contributed by atoms with E-state index in [9.17, 15) is 4.79 Å². The molecule has 5 rings (SSSR count). The Labute approximate surface area is 240 Å². The number of nitrogens with one attached hydrogen (secondary N) is 2. The van der Waals surface area contributed by atoms with Crippen molar-refractivity contribution in [2.75, 3.05) is 39.2 Å². The molecule has 1 aromatic heterocycles. The van der Waals surface area contributed by atoms with E-state index in [1.165, 1.54) is 5.56 Å². The molecule has 0 unspecified atom stereocenters. The second-order valence-electron chi connectivity index (χ2n) is 9.48. The van der Waals surface area contributed by atoms with Gasteiger partial charge in [0.05, 0.1) is 31.0 Å². The van der Waals surface area contributed by atoms with Crippen molar-refractivity contribution in [3.05, 3.63) is 114 Å². The van der Waals surface area contributed by atoms with Crippen LogP contribution < -0.4 is 24.8 Å². The summed E-state index contributed by atoms with van der Waals surface area (Å²) in [5, 5.41) is 7.14. The molecule has 0 saturated carbocycles. The number of methoxy groups -OCH3 is 2. The van der Waals surface area contributed by atoms with Crippen LogP contribution in [0, 0.1) is 0 Å². The number of nitrogens with zero attached hydrogens (tertiary/aromatic N) is 1. The van der Waals surface area contributed by atoms with Gasteiger partial charge >= 0.3 is 0 Å². The van der Waals surface area contributed by atoms with Crippen molar-refractivity contribution >= 4 is 22.5 Å². The maximum absolute atomic E-state index is 13.5. The van der Waals surface area contributed by atoms with Gasteiger partial charge in [0, 0.05) is 23.2 Å². The number of ether oxygens (including phenoxy) is 3. The Balaban J connectivity index is 1.18. The molecule has 2 N–H and O–H groups in total. The minimum atomic E-state index is -0.224. The van der Waals surface area contributed by atoms with Crippen LogP contribution in [0.15, 0.2) is 103 Å². The third-order valence-corrected chi connectivity index (χ3v) is 6.74. The molecule has 0 spiro atoms. The Kier molecular flexibility index (Phi) is 9.08. The zero-order valence-electron chi connectivity index (χ0n) is 23.2. The van der Waals surface area contributed by atoms with Gasteiger partial charge in [-0.2, -0.15) is 0 Å². The number of amides is 1. The van der Waals surface area contributed by atoms with Gasteiger partial charge in [-0.15, -0.1) is 0 Å². The van der Waals surface area contributed by atoms with Crippen LogP contribution in [0.2, 0.25) is 0 Å². The third kappa shape index (κ3) is 7.21. The molecule has 1 amide bonds. The number of carbonyl (C=O) groups excluding carboxylic acids is 1. The molecular formula is C34H33N3O4. The number of aromatic nitrogens is 1. The number of hydrogen-bond acceptors (Lipinski definition) is 6. The summed E-state index contributed by atoms with van der Waals surface area (Å²) in [7, 11) is 3.28. The first-order chi connectivity index (χ1) is 20.1. The van der Waals surface area contributed by atoms with Gasteiger partial charge in [0.15, 0.2) is 0 Å². The fourth-order valence-electron chi connectivity index (χ4n) is 4.50. The number of anilines is 1. The number of pyridine rings is 1. The molecular weight excluding hydrogens is 514 g/mol. The minimum absolute atomic E-state index is 0.224. The normalized spacial score (nSPS) is 10.8. The molecule has 0 aliphatic rings. The standard InChI is InChI=1S/C34H33N3O4/c1-39-27-12-8-24(9-13-27)18-19-35-20-21-41-28-14-10-26(11-15-28)36-34(38)31-23-33(25-6-4-3-5-7-25)37-32-17-16-29(40-2)22-30(31)32/h3-17,22-23,35H,18-21H2,1-2H3,(H,36,38). The molecule has 1 heterocycles. The number of rotatable bonds is 12. The molecule has 0 aliphatic carbocycles. The zero-order chi connectivity index (χ0) is 28.4. The second-order valence-corrected chi connectivity index (χ2v) is 9.48. The molecule has 5 aromatic rings. The van der Waals surface area contributed by atoms with E-state index in [0.717, 1.165) is 53.2 Å². The molecule has 4 aromatic carbocycles. The molecule has 0 saturated heterocycles. The summed E-state index contributed by atoms with van der Waals surface area (Å²) in [6, 6.07) is 32.7. The summed E-state index contributed by atoms with van der Waals surface area (Å²) >= 11 is 0. The topological polar surface area (TPSA) is 81.7 Å². The fourth-order valence-corrected chi connectivity index (χ4v) is 4.50. The smallest absolute Gasteiger partial charge is 0.256 e. The highest BCUT2D eigenvalue weighted by Gasteiger charge is 2.15. The van der Waals surface area contributed by atoms with Crippen molar-refractivity contribution in [2.24, 2.45) is 0 Å². The molecule has 7 nitrogen and oxygen atoms in total. The van der Waals surface area contributed by atoms with Gasteiger partial charge in [0.25, 0.3) is 5.91 Å². The summed E-state index contributed by atoms with van der Waals surface area (Å²) in [5.74, 6) is 2.05. The predicted octanol–water partition coefficient (Wildman–Crippen LogP) is 6.38. The Bertz CT molecular complexity index is 1590. The van der Waals surface area contributed by atoms with E-state index in [-0.39, 0.29) is 5.91 Å². The van der Waals surface area contributed by atoms with Crippen LogP contribution in [0.1, 0.15) is 15.9 Å². The van der Waals surface area contributed by atoms with Crippen molar-refractivity contribution in [3.8, 4) is 28.5 Å². The summed E-state index contributed by atoms with van der Waals surface area (Å²) < 4.78 is 16.5. The number of fused-ring (bicyclic) bond motifs is 1. The van der Waals surface area contributed by atoms with Crippen LogP contribution in [-0.4, -0.2) is 44.8 Å². The van der Waals surface area contributed by atoms with Gasteiger partial charge in [-0.05, 0) is 79.2 Å². The van der Waals surface area contributed by atoms with Crippen LogP contribution in [0.3, 0.4) is 0 Å². The van der Waals surface area contributed by atoms with Crippen molar-refractivity contribution < 1.29 is 19.0 Å². The maximum Gasteiger partial charge on any atom is 0.256 e. The van der Waals surface area contributed by atoms with E-state index in [0.29, 0.717) is 23.6 Å². The lowest BCUT2D eigenvalue weighted by molar-refractivity contribution is 0.102. The van der Waals surface area contributed by atoms with Crippen LogP contribution in [0.25, 0.3) is 22.2 Å². The first-order valence-electron chi connectivity index (χ1n) is 13.5.